The van der Waals surface area contributed by atoms with Crippen LogP contribution in [0.2, 0.25) is 0 Å². The molecule has 0 saturated heterocycles. The zero-order chi connectivity index (χ0) is 9.64. The summed E-state index contributed by atoms with van der Waals surface area (Å²) in [4.78, 5) is 0. The van der Waals surface area contributed by atoms with Crippen molar-refractivity contribution in [2.24, 2.45) is 0 Å². The Labute approximate surface area is 82.7 Å². The van der Waals surface area contributed by atoms with E-state index in [1.54, 1.807) is 0 Å². The molecule has 0 aliphatic carbocycles. The van der Waals surface area contributed by atoms with Crippen LogP contribution in [-0.2, 0) is 17.0 Å². The number of nitrogen functional groups attached to an aromatic ring is 1. The topological polar surface area (TPSA) is 43.8 Å². The molecular weight excluding hydrogens is 182 g/mol. The molecule has 72 valence electrons. The van der Waals surface area contributed by atoms with Crippen LogP contribution in [0.1, 0.15) is 32.0 Å². The van der Waals surface area contributed by atoms with E-state index < -0.39 is 0 Å². The zero-order valence-electron chi connectivity index (χ0n) is 8.29. The molecule has 2 heterocycles. The third-order valence-electron chi connectivity index (χ3n) is 2.23. The number of rotatable bonds is 0. The number of fused-ring (bicyclic) bond motifs is 1. The van der Waals surface area contributed by atoms with E-state index in [-0.39, 0.29) is 5.54 Å². The van der Waals surface area contributed by atoms with Crippen molar-refractivity contribution in [1.29, 1.82) is 0 Å². The number of anilines is 1. The van der Waals surface area contributed by atoms with E-state index in [1.165, 1.54) is 11.3 Å². The van der Waals surface area contributed by atoms with Gasteiger partial charge in [-0.25, -0.2) is 4.68 Å². The van der Waals surface area contributed by atoms with Crippen LogP contribution >= 0.6 is 11.8 Å². The van der Waals surface area contributed by atoms with Gasteiger partial charge in [-0.3, -0.25) is 0 Å². The molecular formula is C9H15N3S. The van der Waals surface area contributed by atoms with Crippen LogP contribution in [0.3, 0.4) is 0 Å². The van der Waals surface area contributed by atoms with Crippen molar-refractivity contribution in [3.05, 3.63) is 11.3 Å². The van der Waals surface area contributed by atoms with Gasteiger partial charge in [0.25, 0.3) is 0 Å². The van der Waals surface area contributed by atoms with Gasteiger partial charge in [0.15, 0.2) is 0 Å². The predicted molar refractivity (Wildman–Crippen MR) is 56.6 cm³/mol. The lowest BCUT2D eigenvalue weighted by Gasteiger charge is -2.21. The van der Waals surface area contributed by atoms with Gasteiger partial charge in [-0.15, -0.1) is 0 Å². The standard InChI is InChI=1S/C9H15N3S/c1-9(2,3)12-8(10)6-4-13-5-7(6)11-12/h4-5,10H2,1-3H3. The SMILES string of the molecule is CC(C)(C)n1nc2c(c1N)CSC2. The summed E-state index contributed by atoms with van der Waals surface area (Å²) in [5, 5.41) is 4.53. The van der Waals surface area contributed by atoms with Gasteiger partial charge < -0.3 is 5.73 Å². The molecule has 0 atom stereocenters. The second kappa shape index (κ2) is 2.67. The van der Waals surface area contributed by atoms with Crippen molar-refractivity contribution in [2.45, 2.75) is 37.8 Å². The molecule has 0 aromatic carbocycles. The van der Waals surface area contributed by atoms with Crippen LogP contribution in [0.4, 0.5) is 5.82 Å². The Hall–Kier alpha value is -0.640. The highest BCUT2D eigenvalue weighted by Gasteiger charge is 2.25. The van der Waals surface area contributed by atoms with E-state index in [0.717, 1.165) is 17.3 Å². The lowest BCUT2D eigenvalue weighted by Crippen LogP contribution is -2.25. The Balaban J connectivity index is 2.51. The van der Waals surface area contributed by atoms with Gasteiger partial charge in [-0.1, -0.05) is 0 Å². The Morgan fingerprint density at radius 1 is 1.38 bits per heavy atom. The molecule has 0 fully saturated rings. The molecule has 0 unspecified atom stereocenters. The van der Waals surface area contributed by atoms with Gasteiger partial charge in [-0.05, 0) is 20.8 Å². The molecule has 1 aromatic rings. The number of nitrogens with zero attached hydrogens (tertiary/aromatic N) is 2. The molecule has 0 spiro atoms. The van der Waals surface area contributed by atoms with E-state index in [4.69, 9.17) is 5.73 Å². The fourth-order valence-corrected chi connectivity index (χ4v) is 2.59. The van der Waals surface area contributed by atoms with Crippen LogP contribution in [0.15, 0.2) is 0 Å². The summed E-state index contributed by atoms with van der Waals surface area (Å²) in [6.45, 7) is 6.37. The van der Waals surface area contributed by atoms with E-state index >= 15 is 0 Å². The van der Waals surface area contributed by atoms with Gasteiger partial charge in [-0.2, -0.15) is 16.9 Å². The second-order valence-corrected chi connectivity index (χ2v) is 5.37. The fraction of sp³-hybridized carbons (Fsp3) is 0.667. The first-order valence-electron chi connectivity index (χ1n) is 4.44. The van der Waals surface area contributed by atoms with Crippen molar-refractivity contribution in [1.82, 2.24) is 9.78 Å². The molecule has 2 N–H and O–H groups in total. The normalized spacial score (nSPS) is 16.2. The summed E-state index contributed by atoms with van der Waals surface area (Å²) >= 11 is 1.89. The average molecular weight is 197 g/mol. The highest BCUT2D eigenvalue weighted by atomic mass is 32.2. The number of aromatic nitrogens is 2. The first kappa shape index (κ1) is 8.94. The van der Waals surface area contributed by atoms with Gasteiger partial charge in [0.05, 0.1) is 11.2 Å². The van der Waals surface area contributed by atoms with Crippen LogP contribution in [0, 0.1) is 0 Å². The number of nitrogens with two attached hydrogens (primary N) is 1. The summed E-state index contributed by atoms with van der Waals surface area (Å²) in [6, 6.07) is 0. The van der Waals surface area contributed by atoms with Gasteiger partial charge in [0.1, 0.15) is 5.82 Å². The third kappa shape index (κ3) is 1.33. The lowest BCUT2D eigenvalue weighted by atomic mass is 10.1. The fourth-order valence-electron chi connectivity index (χ4n) is 1.54. The summed E-state index contributed by atoms with van der Waals surface area (Å²) in [5.41, 5.74) is 8.46. The molecule has 1 aliphatic heterocycles. The maximum absolute atomic E-state index is 6.03. The summed E-state index contributed by atoms with van der Waals surface area (Å²) in [5.74, 6) is 2.90. The molecule has 1 aliphatic rings. The van der Waals surface area contributed by atoms with Gasteiger partial charge >= 0.3 is 0 Å². The van der Waals surface area contributed by atoms with E-state index in [0.29, 0.717) is 0 Å². The van der Waals surface area contributed by atoms with Crippen molar-refractivity contribution in [2.75, 3.05) is 5.73 Å². The molecule has 3 nitrogen and oxygen atoms in total. The van der Waals surface area contributed by atoms with Gasteiger partial charge in [0.2, 0.25) is 0 Å². The minimum atomic E-state index is -0.000903. The first-order valence-corrected chi connectivity index (χ1v) is 5.60. The van der Waals surface area contributed by atoms with Crippen molar-refractivity contribution in [3.63, 3.8) is 0 Å². The van der Waals surface area contributed by atoms with Crippen molar-refractivity contribution in [3.8, 4) is 0 Å². The van der Waals surface area contributed by atoms with Crippen molar-refractivity contribution >= 4 is 17.6 Å². The molecule has 1 aromatic heterocycles. The van der Waals surface area contributed by atoms with Crippen molar-refractivity contribution < 1.29 is 0 Å². The first-order chi connectivity index (χ1) is 6.00. The molecule has 0 bridgehead atoms. The quantitative estimate of drug-likeness (QED) is 0.691. The molecule has 13 heavy (non-hydrogen) atoms. The van der Waals surface area contributed by atoms with Crippen LogP contribution in [0.25, 0.3) is 0 Å². The summed E-state index contributed by atoms with van der Waals surface area (Å²) in [7, 11) is 0. The number of hydrogen-bond acceptors (Lipinski definition) is 3. The highest BCUT2D eigenvalue weighted by molar-refractivity contribution is 7.98. The zero-order valence-corrected chi connectivity index (χ0v) is 9.11. The maximum atomic E-state index is 6.03. The van der Waals surface area contributed by atoms with E-state index in [9.17, 15) is 0 Å². The average Bonchev–Trinajstić information content (AvgIpc) is 2.51. The van der Waals surface area contributed by atoms with Crippen LogP contribution in [-0.4, -0.2) is 9.78 Å². The minimum absolute atomic E-state index is 0.000903. The minimum Gasteiger partial charge on any atom is -0.384 e. The summed E-state index contributed by atoms with van der Waals surface area (Å²) in [6.07, 6.45) is 0. The van der Waals surface area contributed by atoms with Crippen LogP contribution < -0.4 is 5.73 Å². The Bertz CT molecular complexity index is 335. The van der Waals surface area contributed by atoms with Crippen LogP contribution in [0.5, 0.6) is 0 Å². The maximum Gasteiger partial charge on any atom is 0.126 e. The molecule has 0 saturated carbocycles. The Kier molecular flexibility index (Phi) is 1.84. The number of thioether (sulfide) groups is 1. The molecule has 4 heteroatoms. The smallest absolute Gasteiger partial charge is 0.126 e. The predicted octanol–water partition coefficient (Wildman–Crippen LogP) is 1.97. The highest BCUT2D eigenvalue weighted by Crippen LogP contribution is 2.35. The monoisotopic (exact) mass is 197 g/mol. The molecule has 0 amide bonds. The summed E-state index contributed by atoms with van der Waals surface area (Å²) < 4.78 is 1.94. The Morgan fingerprint density at radius 2 is 2.08 bits per heavy atom. The Morgan fingerprint density at radius 3 is 2.62 bits per heavy atom. The van der Waals surface area contributed by atoms with Gasteiger partial charge in [0, 0.05) is 17.1 Å². The second-order valence-electron chi connectivity index (χ2n) is 4.39. The molecule has 2 rings (SSSR count). The lowest BCUT2D eigenvalue weighted by molar-refractivity contribution is 0.359. The largest absolute Gasteiger partial charge is 0.384 e. The third-order valence-corrected chi connectivity index (χ3v) is 3.20. The van der Waals surface area contributed by atoms with E-state index in [1.807, 2.05) is 16.4 Å². The van der Waals surface area contributed by atoms with E-state index in [2.05, 4.69) is 25.9 Å². The number of hydrogen-bond donors (Lipinski definition) is 1. The molecule has 0 radical (unpaired) electrons.